The Balaban J connectivity index is 1.30. The molecular formula is C20H20N3OS2+. The summed E-state index contributed by atoms with van der Waals surface area (Å²) in [6, 6.07) is 12.5. The van der Waals surface area contributed by atoms with Crippen LogP contribution in [-0.2, 0) is 6.54 Å². The van der Waals surface area contributed by atoms with Crippen molar-refractivity contribution in [3.63, 3.8) is 0 Å². The van der Waals surface area contributed by atoms with Crippen molar-refractivity contribution in [2.75, 3.05) is 13.1 Å². The number of hydrogen-bond acceptors (Lipinski definition) is 5. The van der Waals surface area contributed by atoms with Gasteiger partial charge >= 0.3 is 0 Å². The van der Waals surface area contributed by atoms with Crippen LogP contribution in [0.2, 0.25) is 0 Å². The first kappa shape index (κ1) is 16.2. The zero-order chi connectivity index (χ0) is 17.3. The Morgan fingerprint density at radius 2 is 2.12 bits per heavy atom. The van der Waals surface area contributed by atoms with Gasteiger partial charge < -0.3 is 9.32 Å². The lowest BCUT2D eigenvalue weighted by Gasteiger charge is -2.28. The summed E-state index contributed by atoms with van der Waals surface area (Å²) in [4.78, 5) is 12.2. The van der Waals surface area contributed by atoms with Crippen molar-refractivity contribution >= 4 is 32.9 Å². The Morgan fingerprint density at radius 1 is 1.15 bits per heavy atom. The van der Waals surface area contributed by atoms with E-state index in [1.807, 2.05) is 23.7 Å². The zero-order valence-corrected chi connectivity index (χ0v) is 16.0. The molecule has 0 aliphatic carbocycles. The number of benzene rings is 1. The largest absolute Gasteiger partial charge is 0.443 e. The van der Waals surface area contributed by atoms with E-state index in [0.29, 0.717) is 5.92 Å². The summed E-state index contributed by atoms with van der Waals surface area (Å²) >= 11 is 3.52. The fourth-order valence-electron chi connectivity index (χ4n) is 3.74. The van der Waals surface area contributed by atoms with Gasteiger partial charge in [0, 0.05) is 0 Å². The number of rotatable bonds is 4. The van der Waals surface area contributed by atoms with Gasteiger partial charge in [-0.1, -0.05) is 18.2 Å². The van der Waals surface area contributed by atoms with E-state index in [2.05, 4.69) is 40.7 Å². The summed E-state index contributed by atoms with van der Waals surface area (Å²) in [7, 11) is 0. The van der Waals surface area contributed by atoms with Crippen LogP contribution in [0.3, 0.4) is 0 Å². The minimum Gasteiger partial charge on any atom is -0.443 e. The van der Waals surface area contributed by atoms with Gasteiger partial charge in [0.05, 0.1) is 34.1 Å². The molecule has 4 heterocycles. The molecule has 0 bridgehead atoms. The number of oxazole rings is 1. The fourth-order valence-corrected chi connectivity index (χ4v) is 5.50. The highest BCUT2D eigenvalue weighted by atomic mass is 32.1. The van der Waals surface area contributed by atoms with E-state index in [9.17, 15) is 0 Å². The summed E-state index contributed by atoms with van der Waals surface area (Å²) < 4.78 is 6.98. The SMILES string of the molecule is c1csc(-c2nc(C[NH+]3CCC[C@@H](c4nc5ccccc5s4)C3)co2)c1. The smallest absolute Gasteiger partial charge is 0.236 e. The number of nitrogens with zero attached hydrogens (tertiary/aromatic N) is 2. The van der Waals surface area contributed by atoms with Crippen LogP contribution in [-0.4, -0.2) is 23.1 Å². The molecule has 1 saturated heterocycles. The average molecular weight is 383 g/mol. The molecule has 1 N–H and O–H groups in total. The highest BCUT2D eigenvalue weighted by Gasteiger charge is 2.27. The van der Waals surface area contributed by atoms with Crippen LogP contribution in [0.5, 0.6) is 0 Å². The number of hydrogen-bond donors (Lipinski definition) is 1. The number of thiazole rings is 1. The minimum absolute atomic E-state index is 0.555. The molecule has 1 aliphatic heterocycles. The Morgan fingerprint density at radius 3 is 3.00 bits per heavy atom. The highest BCUT2D eigenvalue weighted by Crippen LogP contribution is 2.30. The maximum absolute atomic E-state index is 5.68. The topological polar surface area (TPSA) is 43.4 Å². The molecule has 1 aliphatic rings. The number of thiophene rings is 1. The van der Waals surface area contributed by atoms with Crippen molar-refractivity contribution in [1.29, 1.82) is 0 Å². The second kappa shape index (κ2) is 6.95. The van der Waals surface area contributed by atoms with Crippen LogP contribution < -0.4 is 4.90 Å². The lowest BCUT2D eigenvalue weighted by Crippen LogP contribution is -3.12. The lowest BCUT2D eigenvalue weighted by molar-refractivity contribution is -0.920. The maximum atomic E-state index is 5.68. The first-order valence-electron chi connectivity index (χ1n) is 9.02. The molecule has 1 fully saturated rings. The molecule has 26 heavy (non-hydrogen) atoms. The molecule has 0 spiro atoms. The van der Waals surface area contributed by atoms with Crippen molar-refractivity contribution in [2.24, 2.45) is 0 Å². The number of aromatic nitrogens is 2. The Kier molecular flexibility index (Phi) is 4.32. The Labute approximate surface area is 160 Å². The third-order valence-electron chi connectivity index (χ3n) is 4.99. The van der Waals surface area contributed by atoms with Gasteiger partial charge in [-0.15, -0.1) is 22.7 Å². The second-order valence-corrected chi connectivity index (χ2v) is 8.87. The number of nitrogens with one attached hydrogen (secondary N) is 1. The van der Waals surface area contributed by atoms with Gasteiger partial charge in [0.2, 0.25) is 5.89 Å². The summed E-state index contributed by atoms with van der Waals surface area (Å²) in [5.41, 5.74) is 2.19. The molecule has 5 rings (SSSR count). The molecule has 1 unspecified atom stereocenters. The van der Waals surface area contributed by atoms with E-state index in [0.717, 1.165) is 35.1 Å². The standard InChI is InChI=1S/C20H19N3OS2/c1-2-7-17-16(6-1)22-20(26-17)14-5-3-9-23(11-14)12-15-13-24-19(21-15)18-8-4-10-25-18/h1-2,4,6-8,10,13-14H,3,5,9,11-12H2/p+1/t14-/m1/s1. The van der Waals surface area contributed by atoms with E-state index in [1.165, 1.54) is 29.1 Å². The fraction of sp³-hybridized carbons (Fsp3) is 0.300. The molecule has 0 amide bonds. The number of piperidine rings is 1. The Hall–Kier alpha value is -2.02. The van der Waals surface area contributed by atoms with Crippen molar-refractivity contribution in [1.82, 2.24) is 9.97 Å². The average Bonchev–Trinajstić information content (AvgIpc) is 3.41. The van der Waals surface area contributed by atoms with Gasteiger partial charge in [-0.25, -0.2) is 9.97 Å². The zero-order valence-electron chi connectivity index (χ0n) is 14.4. The van der Waals surface area contributed by atoms with E-state index in [4.69, 9.17) is 9.40 Å². The van der Waals surface area contributed by atoms with Crippen LogP contribution in [0.4, 0.5) is 0 Å². The first-order chi connectivity index (χ1) is 12.8. The van der Waals surface area contributed by atoms with Crippen LogP contribution >= 0.6 is 22.7 Å². The molecule has 1 aromatic carbocycles. The summed E-state index contributed by atoms with van der Waals surface area (Å²) in [5, 5.41) is 3.35. The summed E-state index contributed by atoms with van der Waals surface area (Å²) in [6.07, 6.45) is 4.30. The molecule has 4 aromatic rings. The number of quaternary nitrogens is 1. The molecule has 6 heteroatoms. The van der Waals surface area contributed by atoms with Crippen LogP contribution in [0.25, 0.3) is 21.0 Å². The predicted octanol–water partition coefficient (Wildman–Crippen LogP) is 3.98. The van der Waals surface area contributed by atoms with Gasteiger partial charge in [0.1, 0.15) is 23.5 Å². The molecule has 3 aromatic heterocycles. The third kappa shape index (κ3) is 3.20. The highest BCUT2D eigenvalue weighted by molar-refractivity contribution is 7.18. The van der Waals surface area contributed by atoms with E-state index in [1.54, 1.807) is 16.2 Å². The van der Waals surface area contributed by atoms with Crippen molar-refractivity contribution in [3.05, 3.63) is 58.7 Å². The maximum Gasteiger partial charge on any atom is 0.236 e. The quantitative estimate of drug-likeness (QED) is 0.581. The van der Waals surface area contributed by atoms with Gasteiger partial charge in [-0.3, -0.25) is 0 Å². The first-order valence-corrected chi connectivity index (χ1v) is 10.7. The van der Waals surface area contributed by atoms with Crippen molar-refractivity contribution in [2.45, 2.75) is 25.3 Å². The van der Waals surface area contributed by atoms with Gasteiger partial charge in [0.25, 0.3) is 0 Å². The van der Waals surface area contributed by atoms with Gasteiger partial charge in [-0.05, 0) is 36.4 Å². The molecule has 0 radical (unpaired) electrons. The summed E-state index contributed by atoms with van der Waals surface area (Å²) in [5.74, 6) is 1.30. The normalized spacial score (nSPS) is 20.6. The second-order valence-electron chi connectivity index (χ2n) is 6.86. The monoisotopic (exact) mass is 382 g/mol. The van der Waals surface area contributed by atoms with Crippen LogP contribution in [0.15, 0.2) is 52.5 Å². The van der Waals surface area contributed by atoms with Gasteiger partial charge in [0.15, 0.2) is 0 Å². The number of para-hydroxylation sites is 1. The predicted molar refractivity (Wildman–Crippen MR) is 106 cm³/mol. The van der Waals surface area contributed by atoms with E-state index in [-0.39, 0.29) is 0 Å². The number of fused-ring (bicyclic) bond motifs is 1. The Bertz CT molecular complexity index is 972. The molecule has 132 valence electrons. The number of likely N-dealkylation sites (tertiary alicyclic amines) is 1. The van der Waals surface area contributed by atoms with Crippen LogP contribution in [0.1, 0.15) is 29.5 Å². The van der Waals surface area contributed by atoms with Crippen molar-refractivity contribution in [3.8, 4) is 10.8 Å². The molecule has 2 atom stereocenters. The minimum atomic E-state index is 0.555. The lowest BCUT2D eigenvalue weighted by atomic mass is 9.98. The van der Waals surface area contributed by atoms with Crippen molar-refractivity contribution < 1.29 is 9.32 Å². The van der Waals surface area contributed by atoms with Gasteiger partial charge in [-0.2, -0.15) is 0 Å². The third-order valence-corrected chi connectivity index (χ3v) is 7.05. The molecular weight excluding hydrogens is 362 g/mol. The molecule has 0 saturated carbocycles. The van der Waals surface area contributed by atoms with Crippen LogP contribution in [0, 0.1) is 0 Å². The summed E-state index contributed by atoms with van der Waals surface area (Å²) in [6.45, 7) is 3.25. The van der Waals surface area contributed by atoms with E-state index < -0.39 is 0 Å². The van der Waals surface area contributed by atoms with E-state index >= 15 is 0 Å². The molecule has 4 nitrogen and oxygen atoms in total.